The number of aromatic nitrogens is 2. The Morgan fingerprint density at radius 2 is 2.06 bits per heavy atom. The van der Waals surface area contributed by atoms with Gasteiger partial charge in [-0.1, -0.05) is 48.2 Å². The molecule has 0 saturated heterocycles. The molecule has 0 fully saturated rings. The van der Waals surface area contributed by atoms with E-state index in [0.29, 0.717) is 0 Å². The van der Waals surface area contributed by atoms with Crippen molar-refractivity contribution in [2.24, 2.45) is 0 Å². The third kappa shape index (κ3) is 2.53. The number of rotatable bonds is 3. The molecule has 1 aromatic heterocycles. The van der Waals surface area contributed by atoms with E-state index in [1.807, 2.05) is 31.2 Å². The first-order valence-electron chi connectivity index (χ1n) is 5.66. The fourth-order valence-corrected chi connectivity index (χ4v) is 2.61. The summed E-state index contributed by atoms with van der Waals surface area (Å²) in [7, 11) is 0. The van der Waals surface area contributed by atoms with E-state index in [9.17, 15) is 5.11 Å². The van der Waals surface area contributed by atoms with E-state index < -0.39 is 6.10 Å². The van der Waals surface area contributed by atoms with Gasteiger partial charge in [-0.2, -0.15) is 0 Å². The summed E-state index contributed by atoms with van der Waals surface area (Å²) in [6.45, 7) is 6.14. The van der Waals surface area contributed by atoms with Gasteiger partial charge in [0, 0.05) is 0 Å². The van der Waals surface area contributed by atoms with E-state index in [1.54, 1.807) is 0 Å². The standard InChI is InChI=1S/C13H16N2OS/c1-8(2)11-13(17-15-14-11)12(16)10-6-4-5-9(3)7-10/h4-8,12,16H,1-3H3. The Hall–Kier alpha value is -1.26. The highest BCUT2D eigenvalue weighted by Gasteiger charge is 2.20. The molecule has 1 N–H and O–H groups in total. The van der Waals surface area contributed by atoms with Crippen LogP contribution in [-0.4, -0.2) is 14.7 Å². The number of hydrogen-bond donors (Lipinski definition) is 1. The van der Waals surface area contributed by atoms with Crippen molar-refractivity contribution in [1.82, 2.24) is 9.59 Å². The summed E-state index contributed by atoms with van der Waals surface area (Å²) in [4.78, 5) is 0.852. The Bertz CT molecular complexity index is 508. The second-order valence-electron chi connectivity index (χ2n) is 4.49. The summed E-state index contributed by atoms with van der Waals surface area (Å²) in [5.41, 5.74) is 2.94. The smallest absolute Gasteiger partial charge is 0.117 e. The maximum atomic E-state index is 10.4. The van der Waals surface area contributed by atoms with Gasteiger partial charge in [0.05, 0.1) is 10.6 Å². The fourth-order valence-electron chi connectivity index (χ4n) is 1.79. The Morgan fingerprint density at radius 3 is 2.71 bits per heavy atom. The van der Waals surface area contributed by atoms with Gasteiger partial charge in [-0.15, -0.1) is 5.10 Å². The lowest BCUT2D eigenvalue weighted by Gasteiger charge is -2.12. The Balaban J connectivity index is 2.37. The van der Waals surface area contributed by atoms with E-state index in [0.717, 1.165) is 21.7 Å². The molecule has 1 atom stereocenters. The summed E-state index contributed by atoms with van der Waals surface area (Å²) < 4.78 is 3.94. The van der Waals surface area contributed by atoms with Crippen molar-refractivity contribution in [2.45, 2.75) is 32.8 Å². The minimum absolute atomic E-state index is 0.281. The Morgan fingerprint density at radius 1 is 1.29 bits per heavy atom. The zero-order chi connectivity index (χ0) is 12.4. The third-order valence-electron chi connectivity index (χ3n) is 2.69. The van der Waals surface area contributed by atoms with Crippen molar-refractivity contribution in [2.75, 3.05) is 0 Å². The molecule has 0 radical (unpaired) electrons. The molecule has 1 unspecified atom stereocenters. The van der Waals surface area contributed by atoms with Crippen LogP contribution in [0.15, 0.2) is 24.3 Å². The van der Waals surface area contributed by atoms with Crippen molar-refractivity contribution in [3.05, 3.63) is 46.0 Å². The molecule has 0 spiro atoms. The zero-order valence-corrected chi connectivity index (χ0v) is 11.0. The van der Waals surface area contributed by atoms with Gasteiger partial charge >= 0.3 is 0 Å². The average molecular weight is 248 g/mol. The van der Waals surface area contributed by atoms with Crippen LogP contribution in [0.1, 0.15) is 47.6 Å². The van der Waals surface area contributed by atoms with Gasteiger partial charge in [0.2, 0.25) is 0 Å². The Kier molecular flexibility index (Phi) is 3.54. The van der Waals surface area contributed by atoms with Gasteiger partial charge in [-0.3, -0.25) is 0 Å². The van der Waals surface area contributed by atoms with Crippen molar-refractivity contribution in [3.8, 4) is 0 Å². The maximum Gasteiger partial charge on any atom is 0.117 e. The molecule has 0 aliphatic rings. The first kappa shape index (κ1) is 12.2. The molecule has 0 saturated carbocycles. The van der Waals surface area contributed by atoms with Gasteiger partial charge in [0.25, 0.3) is 0 Å². The average Bonchev–Trinajstić information content (AvgIpc) is 2.77. The minimum atomic E-state index is -0.618. The van der Waals surface area contributed by atoms with Crippen molar-refractivity contribution in [1.29, 1.82) is 0 Å². The summed E-state index contributed by atoms with van der Waals surface area (Å²) in [6.07, 6.45) is -0.618. The highest BCUT2D eigenvalue weighted by atomic mass is 32.1. The maximum absolute atomic E-state index is 10.4. The van der Waals surface area contributed by atoms with Crippen LogP contribution in [-0.2, 0) is 0 Å². The van der Waals surface area contributed by atoms with Crippen LogP contribution in [0.3, 0.4) is 0 Å². The monoisotopic (exact) mass is 248 g/mol. The number of aliphatic hydroxyl groups excluding tert-OH is 1. The summed E-state index contributed by atoms with van der Waals surface area (Å²) in [6, 6.07) is 7.90. The van der Waals surface area contributed by atoms with Crippen molar-refractivity contribution < 1.29 is 5.11 Å². The molecule has 1 heterocycles. The number of benzene rings is 1. The normalized spacial score (nSPS) is 13.0. The molecular formula is C13H16N2OS. The summed E-state index contributed by atoms with van der Waals surface area (Å²) in [5.74, 6) is 0.281. The molecule has 90 valence electrons. The molecule has 4 heteroatoms. The molecule has 3 nitrogen and oxygen atoms in total. The molecule has 2 rings (SSSR count). The van der Waals surface area contributed by atoms with Crippen molar-refractivity contribution in [3.63, 3.8) is 0 Å². The summed E-state index contributed by atoms with van der Waals surface area (Å²) >= 11 is 1.28. The molecule has 0 aliphatic carbocycles. The van der Waals surface area contributed by atoms with E-state index in [1.165, 1.54) is 11.5 Å². The van der Waals surface area contributed by atoms with Crippen LogP contribution in [0.4, 0.5) is 0 Å². The highest BCUT2D eigenvalue weighted by molar-refractivity contribution is 7.05. The number of hydrogen-bond acceptors (Lipinski definition) is 4. The van der Waals surface area contributed by atoms with E-state index in [-0.39, 0.29) is 5.92 Å². The molecule has 17 heavy (non-hydrogen) atoms. The lowest BCUT2D eigenvalue weighted by atomic mass is 10.0. The van der Waals surface area contributed by atoms with Crippen LogP contribution >= 0.6 is 11.5 Å². The second-order valence-corrected chi connectivity index (χ2v) is 5.28. The molecule has 0 bridgehead atoms. The van der Waals surface area contributed by atoms with Gasteiger partial charge in [-0.25, -0.2) is 0 Å². The first-order valence-corrected chi connectivity index (χ1v) is 6.43. The predicted molar refractivity (Wildman–Crippen MR) is 69.2 cm³/mol. The van der Waals surface area contributed by atoms with Crippen LogP contribution in [0, 0.1) is 6.92 Å². The topological polar surface area (TPSA) is 46.0 Å². The van der Waals surface area contributed by atoms with Crippen LogP contribution < -0.4 is 0 Å². The van der Waals surface area contributed by atoms with Gasteiger partial charge in [0.1, 0.15) is 6.10 Å². The molecule has 2 aromatic rings. The van der Waals surface area contributed by atoms with Crippen LogP contribution in [0.25, 0.3) is 0 Å². The van der Waals surface area contributed by atoms with E-state index in [2.05, 4.69) is 23.4 Å². The molecule has 0 amide bonds. The van der Waals surface area contributed by atoms with E-state index >= 15 is 0 Å². The van der Waals surface area contributed by atoms with Crippen molar-refractivity contribution >= 4 is 11.5 Å². The molecular weight excluding hydrogens is 232 g/mol. The largest absolute Gasteiger partial charge is 0.383 e. The lowest BCUT2D eigenvalue weighted by Crippen LogP contribution is -2.02. The molecule has 0 aliphatic heterocycles. The lowest BCUT2D eigenvalue weighted by molar-refractivity contribution is 0.222. The number of aliphatic hydroxyl groups is 1. The minimum Gasteiger partial charge on any atom is -0.383 e. The zero-order valence-electron chi connectivity index (χ0n) is 10.2. The van der Waals surface area contributed by atoms with Gasteiger partial charge in [0.15, 0.2) is 0 Å². The number of aryl methyl sites for hydroxylation is 1. The third-order valence-corrected chi connectivity index (χ3v) is 3.49. The predicted octanol–water partition coefficient (Wildman–Crippen LogP) is 3.05. The number of nitrogens with zero attached hydrogens (tertiary/aromatic N) is 2. The quantitative estimate of drug-likeness (QED) is 0.908. The van der Waals surface area contributed by atoms with Crippen LogP contribution in [0.5, 0.6) is 0 Å². The van der Waals surface area contributed by atoms with Gasteiger partial charge in [-0.05, 0) is 29.9 Å². The SMILES string of the molecule is Cc1cccc(C(O)c2snnc2C(C)C)c1. The fraction of sp³-hybridized carbons (Fsp3) is 0.385. The first-order chi connectivity index (χ1) is 8.09. The van der Waals surface area contributed by atoms with Gasteiger partial charge < -0.3 is 5.11 Å². The summed E-state index contributed by atoms with van der Waals surface area (Å²) in [5, 5.41) is 14.5. The Labute approximate surface area is 105 Å². The molecule has 1 aromatic carbocycles. The second kappa shape index (κ2) is 4.94. The van der Waals surface area contributed by atoms with Crippen LogP contribution in [0.2, 0.25) is 0 Å². The van der Waals surface area contributed by atoms with E-state index in [4.69, 9.17) is 0 Å². The highest BCUT2D eigenvalue weighted by Crippen LogP contribution is 2.30.